The summed E-state index contributed by atoms with van der Waals surface area (Å²) in [6, 6.07) is 12.1. The summed E-state index contributed by atoms with van der Waals surface area (Å²) in [5.74, 6) is 2.14. The molecule has 0 bridgehead atoms. The molecule has 1 aromatic carbocycles. The van der Waals surface area contributed by atoms with E-state index in [9.17, 15) is 0 Å². The minimum atomic E-state index is 0.204. The highest BCUT2D eigenvalue weighted by atomic mass is 16.5. The van der Waals surface area contributed by atoms with E-state index in [0.29, 0.717) is 11.5 Å². The number of nitrogens with two attached hydrogens (primary N) is 1. The van der Waals surface area contributed by atoms with Crippen molar-refractivity contribution < 1.29 is 4.74 Å². The molecule has 3 heterocycles. The quantitative estimate of drug-likeness (QED) is 0.695. The molecule has 0 saturated carbocycles. The SMILES string of the molecule is COc1ccccc1C(CNc1ncnc2nc(N)ccc12)N1CCCC1. The second kappa shape index (κ2) is 7.75. The lowest BCUT2D eigenvalue weighted by Gasteiger charge is -2.29. The highest BCUT2D eigenvalue weighted by Crippen LogP contribution is 2.32. The number of para-hydroxylation sites is 1. The number of rotatable bonds is 6. The van der Waals surface area contributed by atoms with Gasteiger partial charge in [-0.05, 0) is 44.1 Å². The van der Waals surface area contributed by atoms with Crippen LogP contribution >= 0.6 is 0 Å². The van der Waals surface area contributed by atoms with Crippen molar-refractivity contribution in [1.82, 2.24) is 19.9 Å². The van der Waals surface area contributed by atoms with Gasteiger partial charge in [0.1, 0.15) is 23.7 Å². The molecule has 1 atom stereocenters. The van der Waals surface area contributed by atoms with Crippen molar-refractivity contribution in [2.75, 3.05) is 37.8 Å². The molecule has 140 valence electrons. The molecule has 3 aromatic rings. The van der Waals surface area contributed by atoms with Gasteiger partial charge in [-0.3, -0.25) is 4.90 Å². The number of hydrogen-bond donors (Lipinski definition) is 2. The molecule has 1 fully saturated rings. The number of likely N-dealkylation sites (tertiary alicyclic amines) is 1. The van der Waals surface area contributed by atoms with Gasteiger partial charge in [-0.2, -0.15) is 0 Å². The number of benzene rings is 1. The van der Waals surface area contributed by atoms with Crippen LogP contribution in [0.15, 0.2) is 42.7 Å². The van der Waals surface area contributed by atoms with Crippen molar-refractivity contribution in [3.05, 3.63) is 48.3 Å². The van der Waals surface area contributed by atoms with Gasteiger partial charge in [0.15, 0.2) is 5.65 Å². The summed E-state index contributed by atoms with van der Waals surface area (Å²) in [5.41, 5.74) is 7.56. The fraction of sp³-hybridized carbons (Fsp3) is 0.350. The third kappa shape index (κ3) is 3.64. The number of nitrogens with zero attached hydrogens (tertiary/aromatic N) is 4. The largest absolute Gasteiger partial charge is 0.496 e. The average Bonchev–Trinajstić information content (AvgIpc) is 3.23. The predicted molar refractivity (Wildman–Crippen MR) is 107 cm³/mol. The van der Waals surface area contributed by atoms with E-state index < -0.39 is 0 Å². The lowest BCUT2D eigenvalue weighted by molar-refractivity contribution is 0.249. The molecule has 1 aliphatic rings. The number of fused-ring (bicyclic) bond motifs is 1. The van der Waals surface area contributed by atoms with E-state index in [4.69, 9.17) is 10.5 Å². The Kier molecular flexibility index (Phi) is 5.02. The van der Waals surface area contributed by atoms with E-state index in [1.165, 1.54) is 24.7 Å². The van der Waals surface area contributed by atoms with E-state index >= 15 is 0 Å². The number of anilines is 2. The summed E-state index contributed by atoms with van der Waals surface area (Å²) in [4.78, 5) is 15.4. The van der Waals surface area contributed by atoms with Gasteiger partial charge in [0.2, 0.25) is 0 Å². The van der Waals surface area contributed by atoms with Gasteiger partial charge in [0.05, 0.1) is 18.5 Å². The Bertz CT molecular complexity index is 925. The second-order valence-electron chi connectivity index (χ2n) is 6.71. The first kappa shape index (κ1) is 17.5. The highest BCUT2D eigenvalue weighted by Gasteiger charge is 2.26. The van der Waals surface area contributed by atoms with Gasteiger partial charge < -0.3 is 15.8 Å². The molecule has 0 radical (unpaired) electrons. The van der Waals surface area contributed by atoms with E-state index in [-0.39, 0.29) is 6.04 Å². The standard InChI is InChI=1S/C20H24N6O/c1-27-17-7-3-2-6-14(17)16(26-10-4-5-11-26)12-22-19-15-8-9-18(21)25-20(15)24-13-23-19/h2-3,6-9,13,16H,4-5,10-12H2,1H3,(H3,21,22,23,24,25). The van der Waals surface area contributed by atoms with Crippen molar-refractivity contribution in [2.24, 2.45) is 0 Å². The molecule has 0 aliphatic carbocycles. The van der Waals surface area contributed by atoms with E-state index in [1.807, 2.05) is 18.2 Å². The van der Waals surface area contributed by atoms with E-state index in [0.717, 1.165) is 36.6 Å². The number of aromatic nitrogens is 3. The molecular formula is C20H24N6O. The van der Waals surface area contributed by atoms with Crippen LogP contribution in [0, 0.1) is 0 Å². The third-order valence-electron chi connectivity index (χ3n) is 5.06. The van der Waals surface area contributed by atoms with Gasteiger partial charge in [0, 0.05) is 12.1 Å². The van der Waals surface area contributed by atoms with Gasteiger partial charge in [-0.1, -0.05) is 18.2 Å². The van der Waals surface area contributed by atoms with Crippen molar-refractivity contribution in [3.63, 3.8) is 0 Å². The van der Waals surface area contributed by atoms with Crippen molar-refractivity contribution >= 4 is 22.7 Å². The van der Waals surface area contributed by atoms with Gasteiger partial charge >= 0.3 is 0 Å². The Hall–Kier alpha value is -2.93. The molecule has 2 aromatic heterocycles. The van der Waals surface area contributed by atoms with Crippen LogP contribution in [0.25, 0.3) is 11.0 Å². The van der Waals surface area contributed by atoms with Crippen LogP contribution in [0.1, 0.15) is 24.4 Å². The fourth-order valence-electron chi connectivity index (χ4n) is 3.72. The first-order chi connectivity index (χ1) is 13.3. The average molecular weight is 364 g/mol. The van der Waals surface area contributed by atoms with E-state index in [2.05, 4.69) is 37.3 Å². The van der Waals surface area contributed by atoms with Crippen LogP contribution in [-0.4, -0.2) is 46.6 Å². The van der Waals surface area contributed by atoms with Crippen molar-refractivity contribution in [1.29, 1.82) is 0 Å². The monoisotopic (exact) mass is 364 g/mol. The molecule has 0 amide bonds. The van der Waals surface area contributed by atoms with Crippen LogP contribution in [0.4, 0.5) is 11.6 Å². The number of ether oxygens (including phenoxy) is 1. The smallest absolute Gasteiger partial charge is 0.166 e. The van der Waals surface area contributed by atoms with E-state index in [1.54, 1.807) is 13.2 Å². The van der Waals surface area contributed by atoms with Crippen LogP contribution in [0.3, 0.4) is 0 Å². The van der Waals surface area contributed by atoms with Crippen LogP contribution in [-0.2, 0) is 0 Å². The fourth-order valence-corrected chi connectivity index (χ4v) is 3.72. The Balaban J connectivity index is 1.63. The molecule has 27 heavy (non-hydrogen) atoms. The number of pyridine rings is 1. The van der Waals surface area contributed by atoms with Gasteiger partial charge in [0.25, 0.3) is 0 Å². The minimum Gasteiger partial charge on any atom is -0.496 e. The first-order valence-electron chi connectivity index (χ1n) is 9.24. The number of methoxy groups -OCH3 is 1. The summed E-state index contributed by atoms with van der Waals surface area (Å²) >= 11 is 0. The minimum absolute atomic E-state index is 0.204. The number of hydrogen-bond acceptors (Lipinski definition) is 7. The normalized spacial score (nSPS) is 15.7. The van der Waals surface area contributed by atoms with Crippen LogP contribution in [0.5, 0.6) is 5.75 Å². The third-order valence-corrected chi connectivity index (χ3v) is 5.06. The molecule has 1 unspecified atom stereocenters. The molecule has 0 spiro atoms. The lowest BCUT2D eigenvalue weighted by Crippen LogP contribution is -2.31. The zero-order valence-electron chi connectivity index (χ0n) is 15.4. The van der Waals surface area contributed by atoms with Gasteiger partial charge in [-0.25, -0.2) is 15.0 Å². The lowest BCUT2D eigenvalue weighted by atomic mass is 10.0. The highest BCUT2D eigenvalue weighted by molar-refractivity contribution is 5.87. The zero-order valence-corrected chi connectivity index (χ0v) is 15.4. The summed E-state index contributed by atoms with van der Waals surface area (Å²) in [5, 5.41) is 4.37. The number of nitrogens with one attached hydrogen (secondary N) is 1. The maximum absolute atomic E-state index is 5.77. The molecule has 4 rings (SSSR count). The summed E-state index contributed by atoms with van der Waals surface area (Å²) in [6.45, 7) is 2.90. The van der Waals surface area contributed by atoms with Crippen molar-refractivity contribution in [3.8, 4) is 5.75 Å². The van der Waals surface area contributed by atoms with Crippen LogP contribution < -0.4 is 15.8 Å². The van der Waals surface area contributed by atoms with Gasteiger partial charge in [-0.15, -0.1) is 0 Å². The Labute approximate surface area is 158 Å². The van der Waals surface area contributed by atoms with Crippen LogP contribution in [0.2, 0.25) is 0 Å². The summed E-state index contributed by atoms with van der Waals surface area (Å²) < 4.78 is 5.62. The molecule has 3 N–H and O–H groups in total. The summed E-state index contributed by atoms with van der Waals surface area (Å²) in [7, 11) is 1.72. The molecule has 7 heteroatoms. The Morgan fingerprint density at radius 1 is 1.15 bits per heavy atom. The Morgan fingerprint density at radius 2 is 1.96 bits per heavy atom. The maximum Gasteiger partial charge on any atom is 0.166 e. The summed E-state index contributed by atoms with van der Waals surface area (Å²) in [6.07, 6.45) is 3.97. The number of nitrogen functional groups attached to an aromatic ring is 1. The second-order valence-corrected chi connectivity index (χ2v) is 6.71. The molecule has 1 saturated heterocycles. The molecular weight excluding hydrogens is 340 g/mol. The predicted octanol–water partition coefficient (Wildman–Crippen LogP) is 2.86. The molecule has 7 nitrogen and oxygen atoms in total. The first-order valence-corrected chi connectivity index (χ1v) is 9.24. The maximum atomic E-state index is 5.77. The van der Waals surface area contributed by atoms with Crippen molar-refractivity contribution in [2.45, 2.75) is 18.9 Å². The Morgan fingerprint density at radius 3 is 2.78 bits per heavy atom. The topological polar surface area (TPSA) is 89.2 Å². The zero-order chi connectivity index (χ0) is 18.6. The molecule has 1 aliphatic heterocycles.